The molecule has 3 N–H and O–H groups in total. The van der Waals surface area contributed by atoms with Gasteiger partial charge in [0.1, 0.15) is 29.5 Å². The Morgan fingerprint density at radius 3 is 2.67 bits per heavy atom. The van der Waals surface area contributed by atoms with Crippen molar-refractivity contribution in [3.05, 3.63) is 52.3 Å². The lowest BCUT2D eigenvalue weighted by atomic mass is 9.88. The van der Waals surface area contributed by atoms with Crippen molar-refractivity contribution in [1.29, 1.82) is 0 Å². The predicted molar refractivity (Wildman–Crippen MR) is 126 cm³/mol. The molecule has 194 valence electrons. The van der Waals surface area contributed by atoms with Crippen molar-refractivity contribution in [2.24, 2.45) is 0 Å². The molecule has 12 heteroatoms. The largest absolute Gasteiger partial charge is 0.490 e. The molecule has 0 aliphatic carbocycles. The summed E-state index contributed by atoms with van der Waals surface area (Å²) < 4.78 is 54.6. The zero-order valence-electron chi connectivity index (χ0n) is 19.4. The molecule has 4 rings (SSSR count). The van der Waals surface area contributed by atoms with Gasteiger partial charge in [0, 0.05) is 36.5 Å². The van der Waals surface area contributed by atoms with Gasteiger partial charge in [-0.3, -0.25) is 4.79 Å². The second-order valence-corrected chi connectivity index (χ2v) is 9.11. The molecule has 0 radical (unpaired) electrons. The average Bonchev–Trinajstić information content (AvgIpc) is 2.81. The summed E-state index contributed by atoms with van der Waals surface area (Å²) in [4.78, 5) is 25.2. The SMILES string of the molecule is CCNC(=O)O[C@@H]1CN(c2c(F)cc(Cl)cc2F)CC[C@@]1(O)COc1ccc(F)c2c1CCC(=O)N2. The van der Waals surface area contributed by atoms with Gasteiger partial charge in [-0.25, -0.2) is 18.0 Å². The Labute approximate surface area is 210 Å². The highest BCUT2D eigenvalue weighted by atomic mass is 35.5. The van der Waals surface area contributed by atoms with Crippen LogP contribution >= 0.6 is 11.6 Å². The number of hydrogen-bond acceptors (Lipinski definition) is 6. The zero-order chi connectivity index (χ0) is 26.0. The van der Waals surface area contributed by atoms with Crippen LogP contribution in [0.4, 0.5) is 29.3 Å². The van der Waals surface area contributed by atoms with E-state index in [0.29, 0.717) is 5.56 Å². The van der Waals surface area contributed by atoms with Crippen molar-refractivity contribution >= 4 is 35.0 Å². The first-order chi connectivity index (χ1) is 17.1. The summed E-state index contributed by atoms with van der Waals surface area (Å²) in [5.41, 5.74) is -1.62. The molecule has 0 aromatic heterocycles. The number of amides is 2. The summed E-state index contributed by atoms with van der Waals surface area (Å²) in [6.45, 7) is 1.37. The van der Waals surface area contributed by atoms with Gasteiger partial charge >= 0.3 is 6.09 Å². The van der Waals surface area contributed by atoms with Gasteiger partial charge in [0.25, 0.3) is 0 Å². The second kappa shape index (κ2) is 10.4. The quantitative estimate of drug-likeness (QED) is 0.529. The highest BCUT2D eigenvalue weighted by molar-refractivity contribution is 6.30. The summed E-state index contributed by atoms with van der Waals surface area (Å²) in [5, 5.41) is 16.3. The minimum absolute atomic E-state index is 0.0160. The van der Waals surface area contributed by atoms with E-state index in [1.54, 1.807) is 6.92 Å². The van der Waals surface area contributed by atoms with Crippen molar-refractivity contribution in [3.63, 3.8) is 0 Å². The number of anilines is 2. The minimum atomic E-state index is -1.74. The van der Waals surface area contributed by atoms with Crippen molar-refractivity contribution < 1.29 is 37.3 Å². The topological polar surface area (TPSA) is 100 Å². The number of benzene rings is 2. The molecule has 2 heterocycles. The van der Waals surface area contributed by atoms with Gasteiger partial charge in [0.05, 0.1) is 12.2 Å². The normalized spacial score (nSPS) is 21.4. The maximum atomic E-state index is 14.6. The molecule has 2 aliphatic rings. The first kappa shape index (κ1) is 25.9. The van der Waals surface area contributed by atoms with Crippen molar-refractivity contribution in [2.45, 2.75) is 37.9 Å². The van der Waals surface area contributed by atoms with E-state index in [0.717, 1.165) is 18.2 Å². The predicted octanol–water partition coefficient (Wildman–Crippen LogP) is 3.78. The molecule has 2 aromatic carbocycles. The highest BCUT2D eigenvalue weighted by Crippen LogP contribution is 2.36. The van der Waals surface area contributed by atoms with E-state index in [9.17, 15) is 27.9 Å². The fourth-order valence-electron chi connectivity index (χ4n) is 4.38. The molecule has 8 nitrogen and oxygen atoms in total. The number of rotatable bonds is 6. The lowest BCUT2D eigenvalue weighted by Crippen LogP contribution is -2.60. The van der Waals surface area contributed by atoms with Crippen LogP contribution in [-0.2, 0) is 16.0 Å². The molecule has 1 fully saturated rings. The molecule has 0 bridgehead atoms. The van der Waals surface area contributed by atoms with E-state index in [1.807, 2.05) is 0 Å². The van der Waals surface area contributed by atoms with Gasteiger partial charge in [-0.1, -0.05) is 11.6 Å². The lowest BCUT2D eigenvalue weighted by molar-refractivity contribution is -0.116. The summed E-state index contributed by atoms with van der Waals surface area (Å²) in [6.07, 6.45) is -1.73. The van der Waals surface area contributed by atoms with Crippen LogP contribution in [0, 0.1) is 17.5 Å². The third kappa shape index (κ3) is 5.31. The molecule has 2 aromatic rings. The van der Waals surface area contributed by atoms with Gasteiger partial charge in [0.15, 0.2) is 17.7 Å². The lowest BCUT2D eigenvalue weighted by Gasteiger charge is -2.44. The van der Waals surface area contributed by atoms with Crippen molar-refractivity contribution in [1.82, 2.24) is 5.32 Å². The Hall–Kier alpha value is -3.18. The van der Waals surface area contributed by atoms with Crippen LogP contribution in [0.25, 0.3) is 0 Å². The molecule has 2 aliphatic heterocycles. The number of halogens is 4. The average molecular weight is 528 g/mol. The van der Waals surface area contributed by atoms with E-state index in [1.165, 1.54) is 11.0 Å². The molecular formula is C24H25ClF3N3O5. The smallest absolute Gasteiger partial charge is 0.407 e. The summed E-state index contributed by atoms with van der Waals surface area (Å²) in [7, 11) is 0. The van der Waals surface area contributed by atoms with Crippen LogP contribution in [0.15, 0.2) is 24.3 Å². The Bertz CT molecular complexity index is 1160. The van der Waals surface area contributed by atoms with Crippen LogP contribution < -0.4 is 20.3 Å². The monoisotopic (exact) mass is 527 g/mol. The van der Waals surface area contributed by atoms with Crippen LogP contribution in [0.3, 0.4) is 0 Å². The Morgan fingerprint density at radius 2 is 1.97 bits per heavy atom. The first-order valence-electron chi connectivity index (χ1n) is 11.4. The molecule has 0 spiro atoms. The minimum Gasteiger partial charge on any atom is -0.490 e. The molecule has 2 amide bonds. The Kier molecular flexibility index (Phi) is 7.51. The molecule has 1 saturated heterocycles. The van der Waals surface area contributed by atoms with Gasteiger partial charge < -0.3 is 30.1 Å². The van der Waals surface area contributed by atoms with Crippen LogP contribution in [0.5, 0.6) is 5.75 Å². The number of carbonyl (C=O) groups excluding carboxylic acids is 2. The highest BCUT2D eigenvalue weighted by Gasteiger charge is 2.46. The number of aliphatic hydroxyl groups is 1. The molecule has 36 heavy (non-hydrogen) atoms. The summed E-state index contributed by atoms with van der Waals surface area (Å²) in [5.74, 6) is -2.45. The zero-order valence-corrected chi connectivity index (χ0v) is 20.1. The molecule has 0 saturated carbocycles. The number of piperidine rings is 1. The van der Waals surface area contributed by atoms with Crippen molar-refractivity contribution in [3.8, 4) is 5.75 Å². The summed E-state index contributed by atoms with van der Waals surface area (Å²) >= 11 is 5.73. The maximum absolute atomic E-state index is 14.6. The third-order valence-corrected chi connectivity index (χ3v) is 6.45. The number of ether oxygens (including phenoxy) is 2. The number of nitrogens with one attached hydrogen (secondary N) is 2. The molecular weight excluding hydrogens is 503 g/mol. The van der Waals surface area contributed by atoms with Gasteiger partial charge in [0.2, 0.25) is 5.91 Å². The van der Waals surface area contributed by atoms with Gasteiger partial charge in [-0.05, 0) is 37.6 Å². The van der Waals surface area contributed by atoms with E-state index >= 15 is 0 Å². The Balaban J connectivity index is 1.57. The fourth-order valence-corrected chi connectivity index (χ4v) is 4.57. The van der Waals surface area contributed by atoms with Crippen LogP contribution in [0.2, 0.25) is 5.02 Å². The van der Waals surface area contributed by atoms with Crippen LogP contribution in [-0.4, -0.2) is 55.1 Å². The number of hydrogen-bond donors (Lipinski definition) is 3. The van der Waals surface area contributed by atoms with Crippen LogP contribution in [0.1, 0.15) is 25.3 Å². The number of carbonyl (C=O) groups is 2. The second-order valence-electron chi connectivity index (χ2n) is 8.68. The summed E-state index contributed by atoms with van der Waals surface area (Å²) in [6, 6.07) is 4.48. The first-order valence-corrected chi connectivity index (χ1v) is 11.8. The van der Waals surface area contributed by atoms with Gasteiger partial charge in [-0.15, -0.1) is 0 Å². The van der Waals surface area contributed by atoms with E-state index < -0.39 is 35.2 Å². The van der Waals surface area contributed by atoms with Gasteiger partial charge in [-0.2, -0.15) is 0 Å². The maximum Gasteiger partial charge on any atom is 0.407 e. The van der Waals surface area contributed by atoms with E-state index in [-0.39, 0.29) is 73.6 Å². The fraction of sp³-hybridized carbons (Fsp3) is 0.417. The van der Waals surface area contributed by atoms with Crippen molar-refractivity contribution in [2.75, 3.05) is 36.5 Å². The number of nitrogens with zero attached hydrogens (tertiary/aromatic N) is 1. The van der Waals surface area contributed by atoms with E-state index in [4.69, 9.17) is 21.1 Å². The number of alkyl carbamates (subject to hydrolysis) is 1. The third-order valence-electron chi connectivity index (χ3n) is 6.23. The molecule has 2 atom stereocenters. The Morgan fingerprint density at radius 1 is 1.25 bits per heavy atom. The standard InChI is InChI=1S/C24H25ClF3N3O5/c1-2-29-23(33)36-19-11-31(22-16(27)9-13(25)10-17(22)28)8-7-24(19,34)12-35-18-5-4-15(26)21-14(18)3-6-20(32)30-21/h4-5,9-10,19,34H,2-3,6-8,11-12H2,1H3,(H,29,33)(H,30,32)/t19-,24-/m1/s1. The van der Waals surface area contributed by atoms with E-state index in [2.05, 4.69) is 10.6 Å². The number of fused-ring (bicyclic) bond motifs is 1. The molecule has 0 unspecified atom stereocenters.